The first kappa shape index (κ1) is 14.4. The van der Waals surface area contributed by atoms with Crippen molar-refractivity contribution in [3.8, 4) is 5.75 Å². The lowest BCUT2D eigenvalue weighted by molar-refractivity contribution is 0.0924. The van der Waals surface area contributed by atoms with Crippen LogP contribution < -0.4 is 10.1 Å². The molecule has 1 aromatic rings. The Kier molecular flexibility index (Phi) is 5.91. The van der Waals surface area contributed by atoms with E-state index >= 15 is 0 Å². The van der Waals surface area contributed by atoms with Crippen LogP contribution in [0.4, 0.5) is 0 Å². The van der Waals surface area contributed by atoms with Crippen molar-refractivity contribution in [3.63, 3.8) is 0 Å². The van der Waals surface area contributed by atoms with E-state index in [1.807, 2.05) is 25.1 Å². The van der Waals surface area contributed by atoms with Gasteiger partial charge in [-0.25, -0.2) is 0 Å². The van der Waals surface area contributed by atoms with E-state index in [0.29, 0.717) is 6.54 Å². The first-order valence-electron chi connectivity index (χ1n) is 5.44. The summed E-state index contributed by atoms with van der Waals surface area (Å²) in [5.74, 6) is 0.788. The number of aliphatic hydroxyl groups is 2. The zero-order valence-corrected chi connectivity index (χ0v) is 11.6. The smallest absolute Gasteiger partial charge is 0.133 e. The molecule has 0 spiro atoms. The number of ether oxygens (including phenoxy) is 1. The molecule has 5 heteroatoms. The summed E-state index contributed by atoms with van der Waals surface area (Å²) in [7, 11) is 1.62. The van der Waals surface area contributed by atoms with Crippen LogP contribution >= 0.6 is 15.9 Å². The first-order chi connectivity index (χ1) is 8.08. The fraction of sp³-hybridized carbons (Fsp3) is 0.500. The maximum atomic E-state index is 9.25. The lowest BCUT2D eigenvalue weighted by Gasteiger charge is -2.17. The summed E-state index contributed by atoms with van der Waals surface area (Å²) in [4.78, 5) is 0. The van der Waals surface area contributed by atoms with Crippen LogP contribution in [-0.2, 0) is 0 Å². The van der Waals surface area contributed by atoms with E-state index < -0.39 is 6.10 Å². The highest BCUT2D eigenvalue weighted by atomic mass is 79.9. The van der Waals surface area contributed by atoms with Gasteiger partial charge in [0.1, 0.15) is 5.75 Å². The summed E-state index contributed by atoms with van der Waals surface area (Å²) in [5.41, 5.74) is 1.09. The van der Waals surface area contributed by atoms with Gasteiger partial charge in [-0.1, -0.05) is 6.07 Å². The Bertz CT molecular complexity index is 360. The maximum absolute atomic E-state index is 9.25. The van der Waals surface area contributed by atoms with Crippen molar-refractivity contribution in [3.05, 3.63) is 28.2 Å². The molecule has 4 nitrogen and oxygen atoms in total. The topological polar surface area (TPSA) is 61.7 Å². The number of methoxy groups -OCH3 is 1. The molecule has 3 N–H and O–H groups in total. The predicted octanol–water partition coefficient (Wildman–Crippen LogP) is 1.46. The van der Waals surface area contributed by atoms with Gasteiger partial charge in [0, 0.05) is 12.6 Å². The third-order valence-corrected chi connectivity index (χ3v) is 3.17. The summed E-state index contributed by atoms with van der Waals surface area (Å²) < 4.78 is 6.05. The van der Waals surface area contributed by atoms with Crippen LogP contribution in [0.5, 0.6) is 5.75 Å². The van der Waals surface area contributed by atoms with Gasteiger partial charge in [-0.15, -0.1) is 0 Å². The Morgan fingerprint density at radius 1 is 1.47 bits per heavy atom. The Morgan fingerprint density at radius 3 is 2.71 bits per heavy atom. The standard InChI is InChI=1S/C12H18BrNO3/c1-8(14-6-10(16)7-15)9-3-4-12(17-2)11(13)5-9/h3-5,8,10,14-16H,6-7H2,1-2H3. The molecule has 0 fully saturated rings. The van der Waals surface area contributed by atoms with Crippen LogP contribution in [0.1, 0.15) is 18.5 Å². The van der Waals surface area contributed by atoms with Crippen molar-refractivity contribution in [1.82, 2.24) is 5.32 Å². The monoisotopic (exact) mass is 303 g/mol. The van der Waals surface area contributed by atoms with Crippen molar-refractivity contribution < 1.29 is 14.9 Å². The summed E-state index contributed by atoms with van der Waals surface area (Å²) in [5, 5.41) is 21.1. The third kappa shape index (κ3) is 4.27. The SMILES string of the molecule is COc1ccc(C(C)NCC(O)CO)cc1Br. The fourth-order valence-corrected chi connectivity index (χ4v) is 2.01. The van der Waals surface area contributed by atoms with Crippen LogP contribution in [0.15, 0.2) is 22.7 Å². The quantitative estimate of drug-likeness (QED) is 0.745. The number of halogens is 1. The predicted molar refractivity (Wildman–Crippen MR) is 70.2 cm³/mol. The van der Waals surface area contributed by atoms with Gasteiger partial charge in [-0.3, -0.25) is 0 Å². The van der Waals surface area contributed by atoms with Crippen molar-refractivity contribution in [2.45, 2.75) is 19.1 Å². The molecule has 96 valence electrons. The van der Waals surface area contributed by atoms with Crippen molar-refractivity contribution in [2.75, 3.05) is 20.3 Å². The highest BCUT2D eigenvalue weighted by Gasteiger charge is 2.09. The van der Waals surface area contributed by atoms with E-state index in [9.17, 15) is 5.11 Å². The van der Waals surface area contributed by atoms with Gasteiger partial charge >= 0.3 is 0 Å². The molecular formula is C12H18BrNO3. The molecule has 0 saturated heterocycles. The van der Waals surface area contributed by atoms with E-state index in [4.69, 9.17) is 9.84 Å². The Balaban J connectivity index is 2.63. The minimum absolute atomic E-state index is 0.0957. The lowest BCUT2D eigenvalue weighted by atomic mass is 10.1. The highest BCUT2D eigenvalue weighted by molar-refractivity contribution is 9.10. The molecule has 17 heavy (non-hydrogen) atoms. The van der Waals surface area contributed by atoms with Crippen LogP contribution in [0.3, 0.4) is 0 Å². The second-order valence-corrected chi connectivity index (χ2v) is 4.71. The zero-order valence-electron chi connectivity index (χ0n) is 9.98. The van der Waals surface area contributed by atoms with E-state index in [1.165, 1.54) is 0 Å². The number of rotatable bonds is 6. The molecule has 0 heterocycles. The Hall–Kier alpha value is -0.620. The summed E-state index contributed by atoms with van der Waals surface area (Å²) >= 11 is 3.43. The minimum atomic E-state index is -0.723. The number of hydrogen-bond donors (Lipinski definition) is 3. The van der Waals surface area contributed by atoms with Gasteiger partial charge < -0.3 is 20.3 Å². The molecular weight excluding hydrogens is 286 g/mol. The van der Waals surface area contributed by atoms with Crippen LogP contribution in [0, 0.1) is 0 Å². The molecule has 2 atom stereocenters. The van der Waals surface area contributed by atoms with Crippen molar-refractivity contribution in [2.24, 2.45) is 0 Å². The molecule has 0 aliphatic heterocycles. The number of aliphatic hydroxyl groups excluding tert-OH is 2. The van der Waals surface area contributed by atoms with Gasteiger partial charge in [0.05, 0.1) is 24.3 Å². The van der Waals surface area contributed by atoms with E-state index in [-0.39, 0.29) is 12.6 Å². The van der Waals surface area contributed by atoms with Gasteiger partial charge in [0.15, 0.2) is 0 Å². The molecule has 0 amide bonds. The Morgan fingerprint density at radius 2 is 2.18 bits per heavy atom. The van der Waals surface area contributed by atoms with E-state index in [0.717, 1.165) is 15.8 Å². The van der Waals surface area contributed by atoms with Crippen molar-refractivity contribution in [1.29, 1.82) is 0 Å². The normalized spacial score (nSPS) is 14.4. The van der Waals surface area contributed by atoms with Gasteiger partial charge in [0.25, 0.3) is 0 Å². The molecule has 0 bridgehead atoms. The van der Waals surface area contributed by atoms with E-state index in [1.54, 1.807) is 7.11 Å². The second kappa shape index (κ2) is 6.96. The molecule has 1 rings (SSSR count). The third-order valence-electron chi connectivity index (χ3n) is 2.55. The number of hydrogen-bond acceptors (Lipinski definition) is 4. The number of nitrogens with one attached hydrogen (secondary N) is 1. The molecule has 0 radical (unpaired) electrons. The molecule has 0 saturated carbocycles. The van der Waals surface area contributed by atoms with Crippen LogP contribution in [-0.4, -0.2) is 36.6 Å². The Labute approximate surface area is 110 Å². The van der Waals surface area contributed by atoms with Gasteiger partial charge in [0.2, 0.25) is 0 Å². The summed E-state index contributed by atoms with van der Waals surface area (Å²) in [6.07, 6.45) is -0.723. The zero-order chi connectivity index (χ0) is 12.8. The highest BCUT2D eigenvalue weighted by Crippen LogP contribution is 2.27. The molecule has 2 unspecified atom stereocenters. The number of benzene rings is 1. The fourth-order valence-electron chi connectivity index (χ4n) is 1.45. The van der Waals surface area contributed by atoms with Gasteiger partial charge in [-0.05, 0) is 40.5 Å². The second-order valence-electron chi connectivity index (χ2n) is 3.86. The molecule has 1 aromatic carbocycles. The largest absolute Gasteiger partial charge is 0.496 e. The minimum Gasteiger partial charge on any atom is -0.496 e. The maximum Gasteiger partial charge on any atom is 0.133 e. The van der Waals surface area contributed by atoms with Crippen molar-refractivity contribution >= 4 is 15.9 Å². The summed E-state index contributed by atoms with van der Waals surface area (Å²) in [6.45, 7) is 2.13. The molecule has 0 aromatic heterocycles. The molecule has 0 aliphatic rings. The average Bonchev–Trinajstić information content (AvgIpc) is 2.35. The van der Waals surface area contributed by atoms with Gasteiger partial charge in [-0.2, -0.15) is 0 Å². The molecule has 0 aliphatic carbocycles. The average molecular weight is 304 g/mol. The summed E-state index contributed by atoms with van der Waals surface area (Å²) in [6, 6.07) is 5.92. The van der Waals surface area contributed by atoms with E-state index in [2.05, 4.69) is 21.2 Å². The lowest BCUT2D eigenvalue weighted by Crippen LogP contribution is -2.31. The first-order valence-corrected chi connectivity index (χ1v) is 6.23. The van der Waals surface area contributed by atoms with Crippen LogP contribution in [0.25, 0.3) is 0 Å². The van der Waals surface area contributed by atoms with Crippen LogP contribution in [0.2, 0.25) is 0 Å².